The predicted octanol–water partition coefficient (Wildman–Crippen LogP) is 2.62. The number of carbonyl (C=O) groups excluding carboxylic acids is 2. The zero-order valence-corrected chi connectivity index (χ0v) is 15.0. The zero-order chi connectivity index (χ0) is 17.7. The maximum Gasteiger partial charge on any atom is 0.407 e. The lowest BCUT2D eigenvalue weighted by atomic mass is 10.0. The molecule has 1 saturated heterocycles. The van der Waals surface area contributed by atoms with Gasteiger partial charge in [-0.15, -0.1) is 0 Å². The number of nitrogens with one attached hydrogen (secondary N) is 1. The van der Waals surface area contributed by atoms with Gasteiger partial charge in [0.1, 0.15) is 5.60 Å². The van der Waals surface area contributed by atoms with E-state index in [0.29, 0.717) is 12.5 Å². The minimum Gasteiger partial charge on any atom is -0.444 e. The molecule has 1 aliphatic rings. The van der Waals surface area contributed by atoms with Crippen molar-refractivity contribution in [2.45, 2.75) is 52.1 Å². The summed E-state index contributed by atoms with van der Waals surface area (Å²) < 4.78 is 5.15. The van der Waals surface area contributed by atoms with Crippen LogP contribution in [0.5, 0.6) is 0 Å². The van der Waals surface area contributed by atoms with E-state index in [1.165, 1.54) is 5.56 Å². The van der Waals surface area contributed by atoms with Crippen LogP contribution in [0.1, 0.15) is 50.8 Å². The summed E-state index contributed by atoms with van der Waals surface area (Å²) in [6.07, 6.45) is 2.55. The summed E-state index contributed by atoms with van der Waals surface area (Å²) in [5.41, 5.74) is 1.71. The fourth-order valence-corrected chi connectivity index (χ4v) is 2.75. The average Bonchev–Trinajstić information content (AvgIpc) is 2.95. The van der Waals surface area contributed by atoms with Crippen molar-refractivity contribution in [2.75, 3.05) is 19.6 Å². The minimum absolute atomic E-state index is 0.0567. The lowest BCUT2D eigenvalue weighted by molar-refractivity contribution is -0.130. The van der Waals surface area contributed by atoms with Crippen molar-refractivity contribution < 1.29 is 14.3 Å². The molecule has 1 N–H and O–H groups in total. The van der Waals surface area contributed by atoms with E-state index in [1.807, 2.05) is 24.1 Å². The molecule has 24 heavy (non-hydrogen) atoms. The maximum atomic E-state index is 12.3. The molecule has 0 saturated carbocycles. The number of aromatic nitrogens is 1. The molecule has 0 aliphatic carbocycles. The Hall–Kier alpha value is -2.11. The summed E-state index contributed by atoms with van der Waals surface area (Å²) in [5, 5.41) is 2.62. The molecular weight excluding hydrogens is 306 g/mol. The Morgan fingerprint density at radius 2 is 2.17 bits per heavy atom. The Balaban J connectivity index is 1.75. The highest BCUT2D eigenvalue weighted by Gasteiger charge is 2.28. The lowest BCUT2D eigenvalue weighted by Crippen LogP contribution is -2.36. The van der Waals surface area contributed by atoms with E-state index in [0.717, 1.165) is 18.7 Å². The highest BCUT2D eigenvalue weighted by Crippen LogP contribution is 2.26. The molecule has 0 spiro atoms. The van der Waals surface area contributed by atoms with Crippen LogP contribution >= 0.6 is 0 Å². The van der Waals surface area contributed by atoms with Gasteiger partial charge in [-0.3, -0.25) is 9.78 Å². The molecular formula is C18H27N3O3. The number of ether oxygens (including phenoxy) is 1. The van der Waals surface area contributed by atoms with E-state index in [4.69, 9.17) is 4.74 Å². The highest BCUT2D eigenvalue weighted by molar-refractivity contribution is 5.77. The molecule has 0 bridgehead atoms. The topological polar surface area (TPSA) is 71.5 Å². The average molecular weight is 333 g/mol. The molecule has 1 aromatic heterocycles. The standard InChI is InChI=1S/C18H27N3O3/c1-13-5-8-19-15(11-13)14-7-10-21(12-14)16(22)6-9-20-17(23)24-18(2,3)4/h5,8,11,14H,6-7,9-10,12H2,1-4H3,(H,20,23). The Morgan fingerprint density at radius 3 is 2.83 bits per heavy atom. The number of nitrogens with zero attached hydrogens (tertiary/aromatic N) is 2. The fourth-order valence-electron chi connectivity index (χ4n) is 2.75. The van der Waals surface area contributed by atoms with Crippen molar-refractivity contribution in [2.24, 2.45) is 0 Å². The second kappa shape index (κ2) is 7.64. The van der Waals surface area contributed by atoms with Gasteiger partial charge in [-0.25, -0.2) is 4.79 Å². The van der Waals surface area contributed by atoms with Crippen LogP contribution in [0.25, 0.3) is 0 Å². The number of carbonyl (C=O) groups is 2. The molecule has 2 rings (SSSR count). The van der Waals surface area contributed by atoms with Crippen LogP contribution in [0.15, 0.2) is 18.3 Å². The summed E-state index contributed by atoms with van der Waals surface area (Å²) in [7, 11) is 0. The molecule has 2 amide bonds. The highest BCUT2D eigenvalue weighted by atomic mass is 16.6. The number of rotatable bonds is 4. The number of hydrogen-bond acceptors (Lipinski definition) is 4. The first kappa shape index (κ1) is 18.2. The third kappa shape index (κ3) is 5.51. The molecule has 1 unspecified atom stereocenters. The summed E-state index contributed by atoms with van der Waals surface area (Å²) in [4.78, 5) is 30.1. The molecule has 132 valence electrons. The predicted molar refractivity (Wildman–Crippen MR) is 91.8 cm³/mol. The van der Waals surface area contributed by atoms with Crippen LogP contribution in [0, 0.1) is 6.92 Å². The molecule has 6 nitrogen and oxygen atoms in total. The summed E-state index contributed by atoms with van der Waals surface area (Å²) >= 11 is 0. The summed E-state index contributed by atoms with van der Waals surface area (Å²) in [5.74, 6) is 0.355. The first-order valence-corrected chi connectivity index (χ1v) is 8.42. The monoisotopic (exact) mass is 333 g/mol. The van der Waals surface area contributed by atoms with Crippen LogP contribution in [-0.2, 0) is 9.53 Å². The van der Waals surface area contributed by atoms with Gasteiger partial charge >= 0.3 is 6.09 Å². The molecule has 2 heterocycles. The van der Waals surface area contributed by atoms with Crippen molar-refractivity contribution >= 4 is 12.0 Å². The Morgan fingerprint density at radius 1 is 1.42 bits per heavy atom. The van der Waals surface area contributed by atoms with Gasteiger partial charge in [0.05, 0.1) is 0 Å². The van der Waals surface area contributed by atoms with Gasteiger partial charge in [-0.05, 0) is 51.8 Å². The van der Waals surface area contributed by atoms with Crippen LogP contribution in [-0.4, -0.2) is 47.1 Å². The number of hydrogen-bond donors (Lipinski definition) is 1. The van der Waals surface area contributed by atoms with Crippen LogP contribution in [0.2, 0.25) is 0 Å². The normalized spacial score (nSPS) is 17.7. The molecule has 0 radical (unpaired) electrons. The molecule has 1 fully saturated rings. The van der Waals surface area contributed by atoms with Crippen LogP contribution < -0.4 is 5.32 Å². The van der Waals surface area contributed by atoms with Crippen molar-refractivity contribution in [1.29, 1.82) is 0 Å². The third-order valence-electron chi connectivity index (χ3n) is 3.90. The summed E-state index contributed by atoms with van der Waals surface area (Å²) in [6.45, 7) is 9.20. The zero-order valence-electron chi connectivity index (χ0n) is 15.0. The van der Waals surface area contributed by atoms with Gasteiger partial charge in [-0.1, -0.05) is 0 Å². The van der Waals surface area contributed by atoms with E-state index in [-0.39, 0.29) is 18.9 Å². The Kier molecular flexibility index (Phi) is 5.80. The second-order valence-electron chi connectivity index (χ2n) is 7.26. The van der Waals surface area contributed by atoms with E-state index in [9.17, 15) is 9.59 Å². The van der Waals surface area contributed by atoms with Gasteiger partial charge < -0.3 is 15.0 Å². The van der Waals surface area contributed by atoms with Gasteiger partial charge in [-0.2, -0.15) is 0 Å². The first-order chi connectivity index (χ1) is 11.2. The second-order valence-corrected chi connectivity index (χ2v) is 7.26. The largest absolute Gasteiger partial charge is 0.444 e. The first-order valence-electron chi connectivity index (χ1n) is 8.42. The van der Waals surface area contributed by atoms with E-state index in [2.05, 4.69) is 16.4 Å². The van der Waals surface area contributed by atoms with Crippen LogP contribution in [0.4, 0.5) is 4.79 Å². The number of pyridine rings is 1. The number of aryl methyl sites for hydroxylation is 1. The number of likely N-dealkylation sites (tertiary alicyclic amines) is 1. The van der Waals surface area contributed by atoms with Gasteiger partial charge in [0.25, 0.3) is 0 Å². The lowest BCUT2D eigenvalue weighted by Gasteiger charge is -2.20. The molecule has 0 aromatic carbocycles. The third-order valence-corrected chi connectivity index (χ3v) is 3.90. The SMILES string of the molecule is Cc1ccnc(C2CCN(C(=O)CCNC(=O)OC(C)(C)C)C2)c1. The van der Waals surface area contributed by atoms with Crippen molar-refractivity contribution in [3.63, 3.8) is 0 Å². The van der Waals surface area contributed by atoms with Gasteiger partial charge in [0.15, 0.2) is 0 Å². The number of amides is 2. The Bertz CT molecular complexity index is 595. The quantitative estimate of drug-likeness (QED) is 0.919. The van der Waals surface area contributed by atoms with Gasteiger partial charge in [0.2, 0.25) is 5.91 Å². The van der Waals surface area contributed by atoms with E-state index >= 15 is 0 Å². The Labute approximate surface area is 143 Å². The maximum absolute atomic E-state index is 12.3. The molecule has 1 aliphatic heterocycles. The molecule has 1 atom stereocenters. The number of alkyl carbamates (subject to hydrolysis) is 1. The van der Waals surface area contributed by atoms with Crippen molar-refractivity contribution in [3.8, 4) is 0 Å². The summed E-state index contributed by atoms with van der Waals surface area (Å²) in [6, 6.07) is 4.06. The molecule has 6 heteroatoms. The molecule has 1 aromatic rings. The van der Waals surface area contributed by atoms with Crippen molar-refractivity contribution in [1.82, 2.24) is 15.2 Å². The smallest absolute Gasteiger partial charge is 0.407 e. The fraction of sp³-hybridized carbons (Fsp3) is 0.611. The van der Waals surface area contributed by atoms with E-state index in [1.54, 1.807) is 20.8 Å². The minimum atomic E-state index is -0.531. The van der Waals surface area contributed by atoms with Gasteiger partial charge in [0, 0.05) is 43.9 Å². The van der Waals surface area contributed by atoms with Crippen LogP contribution in [0.3, 0.4) is 0 Å². The van der Waals surface area contributed by atoms with Crippen molar-refractivity contribution in [3.05, 3.63) is 29.6 Å². The van der Waals surface area contributed by atoms with E-state index < -0.39 is 11.7 Å².